The van der Waals surface area contributed by atoms with Crippen molar-refractivity contribution in [3.05, 3.63) is 132 Å². The molecule has 0 aliphatic rings. The molecule has 31 heavy (non-hydrogen) atoms. The molecule has 0 saturated carbocycles. The van der Waals surface area contributed by atoms with Crippen LogP contribution in [0.3, 0.4) is 0 Å². The average Bonchev–Trinajstić information content (AvgIpc) is 2.84. The summed E-state index contributed by atoms with van der Waals surface area (Å²) in [5.74, 6) is 0.287. The summed E-state index contributed by atoms with van der Waals surface area (Å²) in [5, 5.41) is 0. The zero-order chi connectivity index (χ0) is 21.5. The molecule has 4 aromatic rings. The first-order valence-corrected chi connectivity index (χ1v) is 14.1. The molecule has 0 heterocycles. The Balaban J connectivity index is 2.08. The van der Waals surface area contributed by atoms with Crippen LogP contribution in [0.2, 0.25) is 0 Å². The van der Waals surface area contributed by atoms with Gasteiger partial charge in [0.1, 0.15) is 0 Å². The first-order valence-electron chi connectivity index (χ1n) is 10.2. The molecule has 0 N–H and O–H groups in total. The van der Waals surface area contributed by atoms with Crippen molar-refractivity contribution in [2.45, 2.75) is 6.92 Å². The van der Waals surface area contributed by atoms with Crippen molar-refractivity contribution in [2.24, 2.45) is 0 Å². The summed E-state index contributed by atoms with van der Waals surface area (Å²) in [6, 6.07) is 41.6. The second-order valence-corrected chi connectivity index (χ2v) is 14.0. The van der Waals surface area contributed by atoms with Crippen LogP contribution in [0.5, 0.6) is 0 Å². The second-order valence-electron chi connectivity index (χ2n) is 7.18. The molecule has 0 atom stereocenters. The molecule has 0 aromatic heterocycles. The summed E-state index contributed by atoms with van der Waals surface area (Å²) in [6.45, 7) is 1.46. The predicted octanol–water partition coefficient (Wildman–Crippen LogP) is 4.30. The molecule has 2 nitrogen and oxygen atoms in total. The minimum absolute atomic E-state index is 0.321. The molecule has 4 aromatic carbocycles. The fourth-order valence-electron chi connectivity index (χ4n) is 3.75. The molecule has 0 fully saturated rings. The zero-order valence-electron chi connectivity index (χ0n) is 17.4. The van der Waals surface area contributed by atoms with Gasteiger partial charge in [-0.1, -0.05) is 0 Å². The Morgan fingerprint density at radius 3 is 1.32 bits per heavy atom. The zero-order valence-corrected chi connectivity index (χ0v) is 19.3. The van der Waals surface area contributed by atoms with Crippen molar-refractivity contribution >= 4 is 38.3 Å². The van der Waals surface area contributed by atoms with Crippen LogP contribution in [0.25, 0.3) is 5.76 Å². The number of hydrogen-bond donors (Lipinski definition) is 0. The molecule has 0 radical (unpaired) electrons. The van der Waals surface area contributed by atoms with E-state index >= 15 is 0 Å². The quantitative estimate of drug-likeness (QED) is 0.240. The molecule has 0 amide bonds. The van der Waals surface area contributed by atoms with Crippen molar-refractivity contribution in [1.82, 2.24) is 0 Å². The van der Waals surface area contributed by atoms with E-state index in [1.54, 1.807) is 0 Å². The normalized spacial score (nSPS) is 11.7. The van der Waals surface area contributed by atoms with Gasteiger partial charge < -0.3 is 0 Å². The van der Waals surface area contributed by atoms with Gasteiger partial charge in [-0.25, -0.2) is 0 Å². The average molecular weight is 467 g/mol. The third-order valence-electron chi connectivity index (χ3n) is 5.11. The Kier molecular flexibility index (Phi) is 6.50. The Labute approximate surface area is 186 Å². The van der Waals surface area contributed by atoms with Crippen LogP contribution in [-0.2, 0) is 9.53 Å². The Bertz CT molecular complexity index is 1060. The van der Waals surface area contributed by atoms with E-state index in [4.69, 9.17) is 4.74 Å². The van der Waals surface area contributed by atoms with Crippen molar-refractivity contribution in [3.63, 3.8) is 0 Å². The minimum atomic E-state index is -3.16. The van der Waals surface area contributed by atoms with E-state index in [9.17, 15) is 4.79 Å². The van der Waals surface area contributed by atoms with Crippen LogP contribution in [0.4, 0.5) is 0 Å². The van der Waals surface area contributed by atoms with Crippen LogP contribution in [0.15, 0.2) is 126 Å². The number of rotatable bonds is 6. The van der Waals surface area contributed by atoms with E-state index in [2.05, 4.69) is 77.7 Å². The Hall–Kier alpha value is -3.35. The Morgan fingerprint density at radius 1 is 0.613 bits per heavy atom. The fraction of sp³-hybridized carbons (Fsp3) is 0.0357. The van der Waals surface area contributed by atoms with Crippen molar-refractivity contribution < 1.29 is 9.53 Å². The molecule has 4 rings (SSSR count). The van der Waals surface area contributed by atoms with Crippen LogP contribution in [-0.4, -0.2) is 19.5 Å². The summed E-state index contributed by atoms with van der Waals surface area (Å²) in [7, 11) is 0. The van der Waals surface area contributed by atoms with Crippen molar-refractivity contribution in [2.75, 3.05) is 0 Å². The van der Waals surface area contributed by atoms with Gasteiger partial charge in [0.05, 0.1) is 0 Å². The van der Waals surface area contributed by atoms with Crippen molar-refractivity contribution in [3.8, 4) is 0 Å². The van der Waals surface area contributed by atoms with E-state index in [0.717, 1.165) is 5.56 Å². The first-order chi connectivity index (χ1) is 15.2. The number of carbonyl (C=O) groups is 1. The number of ether oxygens (including phenoxy) is 1. The summed E-state index contributed by atoms with van der Waals surface area (Å²) in [6.07, 6.45) is 0. The molecule has 0 unspecified atom stereocenters. The molecule has 0 saturated heterocycles. The molecule has 0 aliphatic heterocycles. The van der Waals surface area contributed by atoms with Gasteiger partial charge in [0.25, 0.3) is 0 Å². The maximum absolute atomic E-state index is 12.1. The van der Waals surface area contributed by atoms with Crippen molar-refractivity contribution in [1.29, 1.82) is 0 Å². The van der Waals surface area contributed by atoms with E-state index < -0.39 is 13.6 Å². The number of carbonyl (C=O) groups excluding carboxylic acids is 1. The third-order valence-corrected chi connectivity index (χ3v) is 13.4. The summed E-state index contributed by atoms with van der Waals surface area (Å²) < 4.78 is 9.61. The molecule has 152 valence electrons. The third kappa shape index (κ3) is 4.55. The van der Waals surface area contributed by atoms with Gasteiger partial charge in [-0.3, -0.25) is 0 Å². The van der Waals surface area contributed by atoms with E-state index in [1.165, 1.54) is 20.0 Å². The summed E-state index contributed by atoms with van der Waals surface area (Å²) in [5.41, 5.74) is 0.895. The van der Waals surface area contributed by atoms with Crippen LogP contribution >= 0.6 is 0 Å². The van der Waals surface area contributed by atoms with E-state index in [-0.39, 0.29) is 5.97 Å². The van der Waals surface area contributed by atoms with Gasteiger partial charge in [-0.05, 0) is 0 Å². The fourth-order valence-corrected chi connectivity index (χ4v) is 11.8. The van der Waals surface area contributed by atoms with Gasteiger partial charge >= 0.3 is 187 Å². The first kappa shape index (κ1) is 20.9. The number of esters is 1. The molecule has 3 heteroatoms. The van der Waals surface area contributed by atoms with Gasteiger partial charge in [-0.2, -0.15) is 0 Å². The summed E-state index contributed by atoms with van der Waals surface area (Å²) >= 11 is -3.16. The van der Waals surface area contributed by atoms with E-state index in [1.807, 2.05) is 48.5 Å². The predicted molar refractivity (Wildman–Crippen MR) is 130 cm³/mol. The van der Waals surface area contributed by atoms with Crippen LogP contribution in [0, 0.1) is 0 Å². The molecule has 0 aliphatic carbocycles. The SMILES string of the molecule is CC(=O)OC(=C[As+](c1ccccc1)(c1ccccc1)c1ccccc1)c1ccccc1. The topological polar surface area (TPSA) is 26.3 Å². The van der Waals surface area contributed by atoms with Gasteiger partial charge in [0.15, 0.2) is 0 Å². The maximum atomic E-state index is 12.1. The van der Waals surface area contributed by atoms with Crippen LogP contribution < -0.4 is 13.1 Å². The monoisotopic (exact) mass is 467 g/mol. The molecular formula is C28H24AsO2+. The molecular weight excluding hydrogens is 443 g/mol. The van der Waals surface area contributed by atoms with Gasteiger partial charge in [0.2, 0.25) is 0 Å². The summed E-state index contributed by atoms with van der Waals surface area (Å²) in [4.78, 5) is 14.3. The molecule has 0 spiro atoms. The van der Waals surface area contributed by atoms with Gasteiger partial charge in [0, 0.05) is 0 Å². The van der Waals surface area contributed by atoms with Gasteiger partial charge in [-0.15, -0.1) is 0 Å². The standard InChI is InChI=1S/C28H24AsO2/c1-23(30)31-28(24-14-6-2-7-15-24)22-29(25-16-8-3-9-17-25,26-18-10-4-11-19-26)27-20-12-5-13-21-27/h2-22H,1H3/q+1. The van der Waals surface area contributed by atoms with E-state index in [0.29, 0.717) is 5.76 Å². The number of hydrogen-bond acceptors (Lipinski definition) is 2. The van der Waals surface area contributed by atoms with Crippen LogP contribution in [0.1, 0.15) is 12.5 Å². The number of benzene rings is 4. The second kappa shape index (κ2) is 9.64. The molecule has 0 bridgehead atoms. The Morgan fingerprint density at radius 2 is 0.968 bits per heavy atom.